The molecular weight excluding hydrogens is 308 g/mol. The molecule has 5 nitrogen and oxygen atoms in total. The third-order valence-corrected chi connectivity index (χ3v) is 3.41. The number of methoxy groups -OCH3 is 1. The topological polar surface area (TPSA) is 61.8 Å². The lowest BCUT2D eigenvalue weighted by molar-refractivity contribution is -0.151. The molecule has 1 atom stereocenters. The van der Waals surface area contributed by atoms with E-state index in [1.54, 1.807) is 25.1 Å². The Morgan fingerprint density at radius 3 is 2.50 bits per heavy atom. The van der Waals surface area contributed by atoms with E-state index in [0.717, 1.165) is 11.8 Å². The van der Waals surface area contributed by atoms with Crippen LogP contribution in [0.15, 0.2) is 48.5 Å². The maximum absolute atomic E-state index is 12.2. The summed E-state index contributed by atoms with van der Waals surface area (Å²) in [6, 6.07) is 14.3. The van der Waals surface area contributed by atoms with Crippen molar-refractivity contribution in [2.24, 2.45) is 0 Å². The highest BCUT2D eigenvalue weighted by molar-refractivity contribution is 5.77. The van der Waals surface area contributed by atoms with Gasteiger partial charge in [-0.25, -0.2) is 4.79 Å². The van der Waals surface area contributed by atoms with Gasteiger partial charge in [0.15, 0.2) is 17.6 Å². The van der Waals surface area contributed by atoms with E-state index in [9.17, 15) is 9.59 Å². The van der Waals surface area contributed by atoms with Crippen LogP contribution in [0.5, 0.6) is 11.5 Å². The van der Waals surface area contributed by atoms with Crippen LogP contribution in [-0.4, -0.2) is 32.1 Å². The van der Waals surface area contributed by atoms with Crippen LogP contribution in [0, 0.1) is 0 Å². The van der Waals surface area contributed by atoms with Gasteiger partial charge in [-0.15, -0.1) is 0 Å². The predicted molar refractivity (Wildman–Crippen MR) is 89.6 cm³/mol. The monoisotopic (exact) mass is 328 g/mol. The van der Waals surface area contributed by atoms with Gasteiger partial charge < -0.3 is 14.2 Å². The first-order chi connectivity index (χ1) is 11.7. The maximum Gasteiger partial charge on any atom is 0.347 e. The molecule has 2 aromatic rings. The summed E-state index contributed by atoms with van der Waals surface area (Å²) in [5.74, 6) is 0.335. The summed E-state index contributed by atoms with van der Waals surface area (Å²) in [5, 5.41) is 0. The highest BCUT2D eigenvalue weighted by atomic mass is 16.6. The number of ether oxygens (including phenoxy) is 3. The smallest absolute Gasteiger partial charge is 0.347 e. The van der Waals surface area contributed by atoms with Crippen molar-refractivity contribution in [1.29, 1.82) is 0 Å². The molecule has 5 heteroatoms. The average molecular weight is 328 g/mol. The molecule has 0 spiro atoms. The minimum atomic E-state index is -0.802. The zero-order valence-electron chi connectivity index (χ0n) is 13.7. The molecule has 0 saturated heterocycles. The highest BCUT2D eigenvalue weighted by Gasteiger charge is 2.24. The van der Waals surface area contributed by atoms with Crippen LogP contribution in [0.2, 0.25) is 0 Å². The normalized spacial score (nSPS) is 11.4. The van der Waals surface area contributed by atoms with Gasteiger partial charge in [-0.1, -0.05) is 30.3 Å². The van der Waals surface area contributed by atoms with Gasteiger partial charge in [0.05, 0.1) is 13.7 Å². The Balaban J connectivity index is 2.24. The maximum atomic E-state index is 12.2. The van der Waals surface area contributed by atoms with Crippen molar-refractivity contribution in [3.05, 3.63) is 59.7 Å². The van der Waals surface area contributed by atoms with Crippen molar-refractivity contribution < 1.29 is 23.8 Å². The lowest BCUT2D eigenvalue weighted by Crippen LogP contribution is -2.31. The van der Waals surface area contributed by atoms with E-state index in [-0.39, 0.29) is 6.61 Å². The fourth-order valence-electron chi connectivity index (χ4n) is 2.24. The second-order valence-electron chi connectivity index (χ2n) is 5.08. The summed E-state index contributed by atoms with van der Waals surface area (Å²) in [7, 11) is 1.48. The minimum Gasteiger partial charge on any atom is -0.493 e. The Hall–Kier alpha value is -2.82. The van der Waals surface area contributed by atoms with Crippen molar-refractivity contribution in [2.45, 2.75) is 19.4 Å². The third-order valence-electron chi connectivity index (χ3n) is 3.41. The number of carbonyl (C=O) groups excluding carboxylic acids is 2. The molecule has 0 bridgehead atoms. The fourth-order valence-corrected chi connectivity index (χ4v) is 2.24. The van der Waals surface area contributed by atoms with Crippen LogP contribution < -0.4 is 9.47 Å². The summed E-state index contributed by atoms with van der Waals surface area (Å²) in [6.45, 7) is 2.02. The molecule has 2 aromatic carbocycles. The molecule has 24 heavy (non-hydrogen) atoms. The molecule has 0 heterocycles. The van der Waals surface area contributed by atoms with Crippen molar-refractivity contribution in [3.63, 3.8) is 0 Å². The first-order valence-corrected chi connectivity index (χ1v) is 7.68. The van der Waals surface area contributed by atoms with E-state index < -0.39 is 12.1 Å². The Bertz CT molecular complexity index is 681. The van der Waals surface area contributed by atoms with Gasteiger partial charge in [0.1, 0.15) is 6.29 Å². The number of carbonyl (C=O) groups is 2. The average Bonchev–Trinajstić information content (AvgIpc) is 2.62. The van der Waals surface area contributed by atoms with Gasteiger partial charge in [0, 0.05) is 12.0 Å². The van der Waals surface area contributed by atoms with Gasteiger partial charge in [-0.3, -0.25) is 4.79 Å². The fraction of sp³-hybridized carbons (Fsp3) is 0.263. The molecular formula is C19H20O5. The van der Waals surface area contributed by atoms with E-state index in [4.69, 9.17) is 14.2 Å². The number of benzene rings is 2. The number of hydrogen-bond acceptors (Lipinski definition) is 5. The lowest BCUT2D eigenvalue weighted by atomic mass is 10.1. The number of aldehydes is 1. The van der Waals surface area contributed by atoms with Crippen molar-refractivity contribution in [2.75, 3.05) is 13.7 Å². The Morgan fingerprint density at radius 2 is 1.88 bits per heavy atom. The zero-order chi connectivity index (χ0) is 17.4. The molecule has 0 aliphatic rings. The first-order valence-electron chi connectivity index (χ1n) is 7.68. The van der Waals surface area contributed by atoms with Crippen LogP contribution in [0.1, 0.15) is 22.8 Å². The second-order valence-corrected chi connectivity index (χ2v) is 5.08. The van der Waals surface area contributed by atoms with E-state index >= 15 is 0 Å². The second kappa shape index (κ2) is 8.72. The molecule has 0 fully saturated rings. The highest BCUT2D eigenvalue weighted by Crippen LogP contribution is 2.29. The molecule has 0 aromatic heterocycles. The molecule has 0 amide bonds. The number of hydrogen-bond donors (Lipinski definition) is 0. The molecule has 0 aliphatic carbocycles. The van der Waals surface area contributed by atoms with E-state index in [1.807, 2.05) is 30.3 Å². The lowest BCUT2D eigenvalue weighted by Gasteiger charge is -2.19. The molecule has 126 valence electrons. The Morgan fingerprint density at radius 1 is 1.12 bits per heavy atom. The van der Waals surface area contributed by atoms with Crippen molar-refractivity contribution in [1.82, 2.24) is 0 Å². The molecule has 0 radical (unpaired) electrons. The van der Waals surface area contributed by atoms with Crippen LogP contribution in [0.3, 0.4) is 0 Å². The largest absolute Gasteiger partial charge is 0.493 e. The summed E-state index contributed by atoms with van der Waals surface area (Å²) in [5.41, 5.74) is 1.42. The van der Waals surface area contributed by atoms with Crippen LogP contribution in [0.25, 0.3) is 0 Å². The van der Waals surface area contributed by atoms with Gasteiger partial charge in [0.25, 0.3) is 0 Å². The van der Waals surface area contributed by atoms with Gasteiger partial charge in [-0.05, 0) is 30.7 Å². The zero-order valence-corrected chi connectivity index (χ0v) is 13.7. The molecule has 0 saturated carbocycles. The predicted octanol–water partition coefficient (Wildman–Crippen LogP) is 3.06. The van der Waals surface area contributed by atoms with Crippen molar-refractivity contribution >= 4 is 12.3 Å². The van der Waals surface area contributed by atoms with Crippen molar-refractivity contribution in [3.8, 4) is 11.5 Å². The minimum absolute atomic E-state index is 0.273. The molecule has 0 N–H and O–H groups in total. The van der Waals surface area contributed by atoms with Gasteiger partial charge >= 0.3 is 5.97 Å². The Kier molecular flexibility index (Phi) is 6.37. The summed E-state index contributed by atoms with van der Waals surface area (Å²) < 4.78 is 16.2. The van der Waals surface area contributed by atoms with Crippen LogP contribution in [-0.2, 0) is 16.0 Å². The van der Waals surface area contributed by atoms with E-state index in [0.29, 0.717) is 23.5 Å². The first kappa shape index (κ1) is 17.5. The number of rotatable bonds is 8. The van der Waals surface area contributed by atoms with E-state index in [1.165, 1.54) is 7.11 Å². The van der Waals surface area contributed by atoms with Crippen LogP contribution >= 0.6 is 0 Å². The SMILES string of the molecule is CCOC(=O)C(Cc1ccccc1)Oc1ccc(C=O)cc1OC. The molecule has 0 aliphatic heterocycles. The summed E-state index contributed by atoms with van der Waals surface area (Å²) in [6.07, 6.45) is 0.292. The van der Waals surface area contributed by atoms with Crippen LogP contribution in [0.4, 0.5) is 0 Å². The standard InChI is InChI=1S/C19H20O5/c1-3-23-19(21)18(11-14-7-5-4-6-8-14)24-16-10-9-15(13-20)12-17(16)22-2/h4-10,12-13,18H,3,11H2,1-2H3. The van der Waals surface area contributed by atoms with E-state index in [2.05, 4.69) is 0 Å². The van der Waals surface area contributed by atoms with Gasteiger partial charge in [0.2, 0.25) is 0 Å². The molecule has 1 unspecified atom stereocenters. The van der Waals surface area contributed by atoms with Gasteiger partial charge in [-0.2, -0.15) is 0 Å². The third kappa shape index (κ3) is 4.59. The molecule has 2 rings (SSSR count). The quantitative estimate of drug-likeness (QED) is 0.550. The Labute approximate surface area is 141 Å². The summed E-state index contributed by atoms with van der Waals surface area (Å²) in [4.78, 5) is 23.1. The summed E-state index contributed by atoms with van der Waals surface area (Å²) >= 11 is 0. The number of esters is 1.